The average Bonchev–Trinajstić information content (AvgIpc) is 2.25. The fourth-order valence-electron chi connectivity index (χ4n) is 1.30. The van der Waals surface area contributed by atoms with Gasteiger partial charge in [-0.3, -0.25) is 0 Å². The third-order valence-corrected chi connectivity index (χ3v) is 4.26. The highest BCUT2D eigenvalue weighted by Crippen LogP contribution is 2.32. The summed E-state index contributed by atoms with van der Waals surface area (Å²) >= 11 is 13.4. The maximum atomic E-state index is 10.1. The molecule has 17 heavy (non-hydrogen) atoms. The first kappa shape index (κ1) is 15.1. The van der Waals surface area contributed by atoms with Crippen molar-refractivity contribution in [1.29, 1.82) is 0 Å². The lowest BCUT2D eigenvalue weighted by molar-refractivity contribution is 0.148. The molecule has 1 rings (SSSR count). The molecule has 1 aromatic carbocycles. The molecule has 0 saturated heterocycles. The summed E-state index contributed by atoms with van der Waals surface area (Å²) in [5.74, 6) is 0.673. The normalized spacial score (nSPS) is 14.6. The van der Waals surface area contributed by atoms with Gasteiger partial charge < -0.3 is 10.4 Å². The van der Waals surface area contributed by atoms with Crippen molar-refractivity contribution in [2.24, 2.45) is 0 Å². The number of nitrogens with one attached hydrogen (secondary N) is 1. The molecule has 0 fully saturated rings. The monoisotopic (exact) mass is 293 g/mol. The molecule has 0 radical (unpaired) electrons. The molecule has 1 aromatic rings. The number of halogens is 2. The van der Waals surface area contributed by atoms with E-state index >= 15 is 0 Å². The lowest BCUT2D eigenvalue weighted by Crippen LogP contribution is -2.25. The first-order chi connectivity index (χ1) is 7.94. The van der Waals surface area contributed by atoms with Crippen molar-refractivity contribution in [2.45, 2.75) is 24.0 Å². The maximum Gasteiger partial charge on any atom is 0.109 e. The highest BCUT2D eigenvalue weighted by Gasteiger charge is 2.20. The highest BCUT2D eigenvalue weighted by atomic mass is 35.5. The lowest BCUT2D eigenvalue weighted by atomic mass is 10.2. The van der Waals surface area contributed by atoms with Crippen molar-refractivity contribution >= 4 is 35.0 Å². The van der Waals surface area contributed by atoms with Crippen LogP contribution in [0.4, 0.5) is 0 Å². The van der Waals surface area contributed by atoms with Crippen molar-refractivity contribution in [3.05, 3.63) is 33.8 Å². The van der Waals surface area contributed by atoms with Crippen LogP contribution in [-0.2, 0) is 5.75 Å². The van der Waals surface area contributed by atoms with Crippen LogP contribution < -0.4 is 5.32 Å². The molecule has 0 heterocycles. The van der Waals surface area contributed by atoms with Gasteiger partial charge in [-0.05, 0) is 44.6 Å². The van der Waals surface area contributed by atoms with Gasteiger partial charge in [-0.1, -0.05) is 29.3 Å². The molecule has 0 aromatic heterocycles. The quantitative estimate of drug-likeness (QED) is 0.787. The molecule has 2 N–H and O–H groups in total. The van der Waals surface area contributed by atoms with Gasteiger partial charge in [-0.15, -0.1) is 11.8 Å². The third kappa shape index (κ3) is 5.49. The summed E-state index contributed by atoms with van der Waals surface area (Å²) in [5.41, 5.74) is 0.991. The summed E-state index contributed by atoms with van der Waals surface area (Å²) in [6.07, 6.45) is 0.694. The second-order valence-electron chi connectivity index (χ2n) is 4.05. The van der Waals surface area contributed by atoms with E-state index in [9.17, 15) is 5.11 Å². The largest absolute Gasteiger partial charge is 0.380 e. The van der Waals surface area contributed by atoms with Crippen LogP contribution in [0, 0.1) is 0 Å². The van der Waals surface area contributed by atoms with E-state index in [0.29, 0.717) is 22.2 Å². The Hall–Kier alpha value is 0.0700. The van der Waals surface area contributed by atoms with E-state index in [1.165, 1.54) is 11.8 Å². The smallest absolute Gasteiger partial charge is 0.109 e. The predicted octanol–water partition coefficient (Wildman–Crippen LogP) is 3.54. The van der Waals surface area contributed by atoms with Gasteiger partial charge in [-0.25, -0.2) is 0 Å². The van der Waals surface area contributed by atoms with Crippen molar-refractivity contribution < 1.29 is 5.11 Å². The van der Waals surface area contributed by atoms with E-state index in [4.69, 9.17) is 23.2 Å². The van der Waals surface area contributed by atoms with Crippen molar-refractivity contribution in [2.75, 3.05) is 13.6 Å². The SMILES string of the molecule is CNCCC(C)(O)SCc1ccc(Cl)cc1Cl. The maximum absolute atomic E-state index is 10.1. The molecule has 5 heteroatoms. The van der Waals surface area contributed by atoms with Crippen LogP contribution in [0.15, 0.2) is 18.2 Å². The number of benzene rings is 1. The molecule has 0 aliphatic carbocycles. The van der Waals surface area contributed by atoms with Gasteiger partial charge in [0, 0.05) is 15.8 Å². The fourth-order valence-corrected chi connectivity index (χ4v) is 2.82. The van der Waals surface area contributed by atoms with Gasteiger partial charge in [0.05, 0.1) is 0 Å². The minimum absolute atomic E-state index is 0.630. The Morgan fingerprint density at radius 3 is 2.71 bits per heavy atom. The minimum Gasteiger partial charge on any atom is -0.380 e. The fraction of sp³-hybridized carbons (Fsp3) is 0.500. The topological polar surface area (TPSA) is 32.3 Å². The van der Waals surface area contributed by atoms with E-state index in [-0.39, 0.29) is 0 Å². The Morgan fingerprint density at radius 2 is 2.12 bits per heavy atom. The molecule has 0 saturated carbocycles. The Labute approximate surface area is 117 Å². The summed E-state index contributed by atoms with van der Waals surface area (Å²) in [4.78, 5) is -0.744. The molecule has 2 nitrogen and oxygen atoms in total. The molecule has 0 aliphatic heterocycles. The van der Waals surface area contributed by atoms with Crippen molar-refractivity contribution in [1.82, 2.24) is 5.32 Å². The van der Waals surface area contributed by atoms with E-state index in [1.54, 1.807) is 6.07 Å². The van der Waals surface area contributed by atoms with Gasteiger partial charge >= 0.3 is 0 Å². The highest BCUT2D eigenvalue weighted by molar-refractivity contribution is 7.99. The van der Waals surface area contributed by atoms with Gasteiger partial charge in [0.2, 0.25) is 0 Å². The standard InChI is InChI=1S/C12H17Cl2NOS/c1-12(16,5-6-15-2)17-8-9-3-4-10(13)7-11(9)14/h3-4,7,15-16H,5-6,8H2,1-2H3. The summed E-state index contributed by atoms with van der Waals surface area (Å²) in [6.45, 7) is 2.60. The zero-order valence-corrected chi connectivity index (χ0v) is 12.3. The van der Waals surface area contributed by atoms with Crippen molar-refractivity contribution in [3.63, 3.8) is 0 Å². The molecule has 0 aliphatic rings. The van der Waals surface area contributed by atoms with Crippen LogP contribution in [0.5, 0.6) is 0 Å². The second kappa shape index (κ2) is 6.86. The molecule has 1 unspecified atom stereocenters. The van der Waals surface area contributed by atoms with Crippen molar-refractivity contribution in [3.8, 4) is 0 Å². The van der Waals surface area contributed by atoms with Gasteiger partial charge in [0.25, 0.3) is 0 Å². The predicted molar refractivity (Wildman–Crippen MR) is 76.9 cm³/mol. The number of aliphatic hydroxyl groups is 1. The average molecular weight is 294 g/mol. The third-order valence-electron chi connectivity index (χ3n) is 2.39. The van der Waals surface area contributed by atoms with Crippen LogP contribution in [-0.4, -0.2) is 23.6 Å². The van der Waals surface area contributed by atoms with Gasteiger partial charge in [0.15, 0.2) is 0 Å². The van der Waals surface area contributed by atoms with Crippen LogP contribution in [0.1, 0.15) is 18.9 Å². The van der Waals surface area contributed by atoms with Crippen LogP contribution in [0.3, 0.4) is 0 Å². The zero-order chi connectivity index (χ0) is 12.9. The zero-order valence-electron chi connectivity index (χ0n) is 9.96. The van der Waals surface area contributed by atoms with Gasteiger partial charge in [0.1, 0.15) is 4.93 Å². The van der Waals surface area contributed by atoms with E-state index in [2.05, 4.69) is 5.32 Å². The Bertz CT molecular complexity index is 372. The number of rotatable bonds is 6. The Kier molecular flexibility index (Phi) is 6.10. The van der Waals surface area contributed by atoms with Crippen LogP contribution >= 0.6 is 35.0 Å². The molecule has 0 amide bonds. The molecule has 96 valence electrons. The molecule has 0 bridgehead atoms. The Balaban J connectivity index is 2.54. The van der Waals surface area contributed by atoms with E-state index in [1.807, 2.05) is 26.1 Å². The van der Waals surface area contributed by atoms with E-state index in [0.717, 1.165) is 12.1 Å². The Morgan fingerprint density at radius 1 is 1.41 bits per heavy atom. The summed E-state index contributed by atoms with van der Waals surface area (Å²) in [6, 6.07) is 5.43. The summed E-state index contributed by atoms with van der Waals surface area (Å²) < 4.78 is 0. The molecular formula is C12H17Cl2NOS. The van der Waals surface area contributed by atoms with Gasteiger partial charge in [-0.2, -0.15) is 0 Å². The second-order valence-corrected chi connectivity index (χ2v) is 6.35. The van der Waals surface area contributed by atoms with E-state index < -0.39 is 4.93 Å². The first-order valence-corrected chi connectivity index (χ1v) is 7.13. The lowest BCUT2D eigenvalue weighted by Gasteiger charge is -2.22. The van der Waals surface area contributed by atoms with Crippen LogP contribution in [0.25, 0.3) is 0 Å². The first-order valence-electron chi connectivity index (χ1n) is 5.39. The minimum atomic E-state index is -0.744. The number of thioether (sulfide) groups is 1. The number of hydrogen-bond donors (Lipinski definition) is 2. The summed E-state index contributed by atoms with van der Waals surface area (Å²) in [5, 5.41) is 14.4. The van der Waals surface area contributed by atoms with Crippen LogP contribution in [0.2, 0.25) is 10.0 Å². The number of hydrogen-bond acceptors (Lipinski definition) is 3. The summed E-state index contributed by atoms with van der Waals surface area (Å²) in [7, 11) is 1.87. The molecule has 0 spiro atoms. The molecular weight excluding hydrogens is 277 g/mol. The molecule has 1 atom stereocenters.